The number of hydrogen-bond acceptors (Lipinski definition) is 3. The normalized spacial score (nSPS) is 14.5. The van der Waals surface area contributed by atoms with E-state index in [-0.39, 0.29) is 0 Å². The molecule has 3 rings (SSSR count). The zero-order chi connectivity index (χ0) is 17.4. The molecule has 0 radical (unpaired) electrons. The Morgan fingerprint density at radius 1 is 1.04 bits per heavy atom. The summed E-state index contributed by atoms with van der Waals surface area (Å²) in [5.74, 6) is -1.36. The van der Waals surface area contributed by atoms with E-state index in [2.05, 4.69) is 5.32 Å². The first-order valence-corrected chi connectivity index (χ1v) is 7.82. The van der Waals surface area contributed by atoms with Crippen molar-refractivity contribution in [3.63, 3.8) is 0 Å². The van der Waals surface area contributed by atoms with E-state index in [9.17, 15) is 14.4 Å². The van der Waals surface area contributed by atoms with Gasteiger partial charge in [-0.2, -0.15) is 0 Å². The lowest BCUT2D eigenvalue weighted by atomic mass is 10.1. The lowest BCUT2D eigenvalue weighted by molar-refractivity contribution is -0.119. The summed E-state index contributed by atoms with van der Waals surface area (Å²) in [5.41, 5.74) is 1.92. The Hall–Kier alpha value is -2.66. The van der Waals surface area contributed by atoms with Crippen LogP contribution in [0.1, 0.15) is 33.2 Å². The van der Waals surface area contributed by atoms with Crippen molar-refractivity contribution in [2.24, 2.45) is 0 Å². The van der Waals surface area contributed by atoms with Gasteiger partial charge >= 0.3 is 0 Å². The van der Waals surface area contributed by atoms with Crippen molar-refractivity contribution in [2.45, 2.75) is 19.9 Å². The highest BCUT2D eigenvalue weighted by Gasteiger charge is 2.40. The molecule has 122 valence electrons. The van der Waals surface area contributed by atoms with Crippen LogP contribution in [0.15, 0.2) is 42.5 Å². The first kappa shape index (κ1) is 16.2. The molecule has 1 atom stereocenters. The number of nitrogens with one attached hydrogen (secondary N) is 1. The van der Waals surface area contributed by atoms with Gasteiger partial charge in [-0.05, 0) is 43.7 Å². The minimum Gasteiger partial charge on any atom is -0.324 e. The summed E-state index contributed by atoms with van der Waals surface area (Å²) in [4.78, 5) is 38.4. The molecule has 5 nitrogen and oxygen atoms in total. The van der Waals surface area contributed by atoms with Crippen molar-refractivity contribution in [1.82, 2.24) is 4.90 Å². The van der Waals surface area contributed by atoms with E-state index in [1.54, 1.807) is 49.4 Å². The summed E-state index contributed by atoms with van der Waals surface area (Å²) < 4.78 is 0. The van der Waals surface area contributed by atoms with Gasteiger partial charge in [0.15, 0.2) is 0 Å². The number of hydrogen-bond donors (Lipinski definition) is 1. The molecule has 0 bridgehead atoms. The van der Waals surface area contributed by atoms with Gasteiger partial charge in [0.1, 0.15) is 6.04 Å². The van der Waals surface area contributed by atoms with Crippen LogP contribution in [-0.4, -0.2) is 28.7 Å². The molecule has 1 N–H and O–H groups in total. The van der Waals surface area contributed by atoms with Crippen molar-refractivity contribution >= 4 is 35.0 Å². The highest BCUT2D eigenvalue weighted by atomic mass is 35.5. The minimum absolute atomic E-state index is 0.320. The van der Waals surface area contributed by atoms with Crippen LogP contribution >= 0.6 is 11.6 Å². The van der Waals surface area contributed by atoms with Gasteiger partial charge in [-0.3, -0.25) is 19.3 Å². The summed E-state index contributed by atoms with van der Waals surface area (Å²) in [6, 6.07) is 10.8. The minimum atomic E-state index is -0.934. The molecule has 0 aromatic heterocycles. The Kier molecular flexibility index (Phi) is 4.11. The molecule has 0 fully saturated rings. The third-order valence-electron chi connectivity index (χ3n) is 4.12. The number of imide groups is 1. The Bertz CT molecular complexity index is 828. The summed E-state index contributed by atoms with van der Waals surface area (Å²) in [7, 11) is 0. The largest absolute Gasteiger partial charge is 0.324 e. The monoisotopic (exact) mass is 342 g/mol. The first-order chi connectivity index (χ1) is 11.4. The SMILES string of the molecule is Cc1c(Cl)cccc1NC(=O)C(C)N1C(=O)c2ccccc2C1=O. The second-order valence-corrected chi connectivity index (χ2v) is 6.01. The van der Waals surface area contributed by atoms with Crippen LogP contribution in [0.25, 0.3) is 0 Å². The second kappa shape index (κ2) is 6.09. The van der Waals surface area contributed by atoms with E-state index in [4.69, 9.17) is 11.6 Å². The number of anilines is 1. The van der Waals surface area contributed by atoms with Crippen LogP contribution in [-0.2, 0) is 4.79 Å². The Morgan fingerprint density at radius 3 is 2.21 bits per heavy atom. The van der Waals surface area contributed by atoms with Gasteiger partial charge in [-0.15, -0.1) is 0 Å². The zero-order valence-corrected chi connectivity index (χ0v) is 13.9. The quantitative estimate of drug-likeness (QED) is 0.870. The van der Waals surface area contributed by atoms with E-state index < -0.39 is 23.8 Å². The maximum absolute atomic E-state index is 12.5. The zero-order valence-electron chi connectivity index (χ0n) is 13.2. The molecular formula is C18H15ClN2O3. The molecule has 1 unspecified atom stereocenters. The molecule has 24 heavy (non-hydrogen) atoms. The van der Waals surface area contributed by atoms with Gasteiger partial charge < -0.3 is 5.32 Å². The number of amides is 3. The number of fused-ring (bicyclic) bond motifs is 1. The third kappa shape index (κ3) is 2.57. The number of nitrogens with zero attached hydrogens (tertiary/aromatic N) is 1. The molecule has 2 aromatic rings. The van der Waals surface area contributed by atoms with Crippen LogP contribution in [0.2, 0.25) is 5.02 Å². The molecule has 6 heteroatoms. The fraction of sp³-hybridized carbons (Fsp3) is 0.167. The number of rotatable bonds is 3. The van der Waals surface area contributed by atoms with Crippen LogP contribution in [0, 0.1) is 6.92 Å². The molecule has 0 saturated carbocycles. The average molecular weight is 343 g/mol. The van der Waals surface area contributed by atoms with Gasteiger partial charge in [0.25, 0.3) is 11.8 Å². The van der Waals surface area contributed by atoms with Crippen molar-refractivity contribution in [3.05, 3.63) is 64.2 Å². The van der Waals surface area contributed by atoms with Crippen LogP contribution in [0.3, 0.4) is 0 Å². The van der Waals surface area contributed by atoms with Crippen molar-refractivity contribution in [3.8, 4) is 0 Å². The van der Waals surface area contributed by atoms with E-state index in [0.29, 0.717) is 21.8 Å². The molecule has 0 aliphatic carbocycles. The summed E-state index contributed by atoms with van der Waals surface area (Å²) in [6.45, 7) is 3.31. The van der Waals surface area contributed by atoms with Crippen molar-refractivity contribution in [2.75, 3.05) is 5.32 Å². The van der Waals surface area contributed by atoms with E-state index >= 15 is 0 Å². The maximum Gasteiger partial charge on any atom is 0.262 e. The summed E-state index contributed by atoms with van der Waals surface area (Å²) >= 11 is 6.04. The highest BCUT2D eigenvalue weighted by Crippen LogP contribution is 2.26. The molecule has 0 saturated heterocycles. The lowest BCUT2D eigenvalue weighted by Crippen LogP contribution is -2.45. The van der Waals surface area contributed by atoms with Crippen LogP contribution in [0.4, 0.5) is 5.69 Å². The summed E-state index contributed by atoms with van der Waals surface area (Å²) in [5, 5.41) is 3.25. The predicted octanol–water partition coefficient (Wildman–Crippen LogP) is 3.27. The Balaban J connectivity index is 1.83. The fourth-order valence-corrected chi connectivity index (χ4v) is 2.83. The lowest BCUT2D eigenvalue weighted by Gasteiger charge is -2.22. The predicted molar refractivity (Wildman–Crippen MR) is 91.2 cm³/mol. The van der Waals surface area contributed by atoms with Gasteiger partial charge in [0.05, 0.1) is 11.1 Å². The molecule has 2 aromatic carbocycles. The molecule has 1 aliphatic rings. The van der Waals surface area contributed by atoms with E-state index in [1.165, 1.54) is 6.92 Å². The third-order valence-corrected chi connectivity index (χ3v) is 4.53. The fourth-order valence-electron chi connectivity index (χ4n) is 2.66. The maximum atomic E-state index is 12.5. The van der Waals surface area contributed by atoms with Gasteiger partial charge in [-0.1, -0.05) is 29.8 Å². The smallest absolute Gasteiger partial charge is 0.262 e. The molecule has 0 spiro atoms. The summed E-state index contributed by atoms with van der Waals surface area (Å²) in [6.07, 6.45) is 0. The first-order valence-electron chi connectivity index (χ1n) is 7.44. The molecule has 1 aliphatic heterocycles. The standard InChI is InChI=1S/C18H15ClN2O3/c1-10-14(19)8-5-9-15(10)20-16(22)11(2)21-17(23)12-6-3-4-7-13(12)18(21)24/h3-9,11H,1-2H3,(H,20,22). The second-order valence-electron chi connectivity index (χ2n) is 5.60. The molecular weight excluding hydrogens is 328 g/mol. The average Bonchev–Trinajstić information content (AvgIpc) is 2.83. The molecule has 3 amide bonds. The Morgan fingerprint density at radius 2 is 1.62 bits per heavy atom. The number of carbonyl (C=O) groups is 3. The van der Waals surface area contributed by atoms with Gasteiger partial charge in [0.2, 0.25) is 5.91 Å². The number of halogens is 1. The van der Waals surface area contributed by atoms with E-state index in [0.717, 1.165) is 10.5 Å². The topological polar surface area (TPSA) is 66.5 Å². The van der Waals surface area contributed by atoms with E-state index in [1.807, 2.05) is 0 Å². The van der Waals surface area contributed by atoms with Crippen molar-refractivity contribution < 1.29 is 14.4 Å². The van der Waals surface area contributed by atoms with Crippen LogP contribution < -0.4 is 5.32 Å². The van der Waals surface area contributed by atoms with Gasteiger partial charge in [-0.25, -0.2) is 0 Å². The highest BCUT2D eigenvalue weighted by molar-refractivity contribution is 6.31. The van der Waals surface area contributed by atoms with Crippen LogP contribution in [0.5, 0.6) is 0 Å². The van der Waals surface area contributed by atoms with Gasteiger partial charge in [0, 0.05) is 10.7 Å². The Labute approximate surface area is 144 Å². The number of benzene rings is 2. The number of carbonyl (C=O) groups excluding carboxylic acids is 3. The molecule has 1 heterocycles. The van der Waals surface area contributed by atoms with Crippen molar-refractivity contribution in [1.29, 1.82) is 0 Å².